The number of aliphatic hydroxyl groups excluding tert-OH is 1. The van der Waals surface area contributed by atoms with Crippen LogP contribution in [0.2, 0.25) is 0 Å². The number of hydrogen-bond acceptors (Lipinski definition) is 7. The Labute approximate surface area is 310 Å². The Balaban J connectivity index is 0. The topological polar surface area (TPSA) is 85.3 Å². The number of carbonyl (C=O) groups excluding carboxylic acids is 2. The maximum Gasteiger partial charge on any atom is 1.00 e. The third kappa shape index (κ3) is 36.6. The van der Waals surface area contributed by atoms with Crippen LogP contribution in [0.25, 0.3) is 0 Å². The summed E-state index contributed by atoms with van der Waals surface area (Å²) in [7, 11) is 0. The number of rotatable bonds is 37. The first kappa shape index (κ1) is 49.4. The van der Waals surface area contributed by atoms with Crippen LogP contribution in [0.4, 0.5) is 4.79 Å². The van der Waals surface area contributed by atoms with E-state index >= 15 is 0 Å². The molecule has 0 fully saturated rings. The quantitative estimate of drug-likeness (QED) is 0.0378. The average Bonchev–Trinajstić information content (AvgIpc) is 3.07. The number of hydrogen-bond donors (Lipinski definition) is 1. The Morgan fingerprint density at radius 3 is 1.67 bits per heavy atom. The Morgan fingerprint density at radius 2 is 1.08 bits per heavy atom. The molecule has 0 aliphatic heterocycles. The number of ether oxygens (including phenoxy) is 3. The molecule has 0 saturated carbocycles. The van der Waals surface area contributed by atoms with Crippen LogP contribution in [0, 0.1) is 6.42 Å². The van der Waals surface area contributed by atoms with Crippen molar-refractivity contribution in [2.75, 3.05) is 39.5 Å². The van der Waals surface area contributed by atoms with Crippen LogP contribution in [-0.2, 0) is 38.8 Å². The number of esters is 1. The van der Waals surface area contributed by atoms with E-state index in [1.165, 1.54) is 77.0 Å². The van der Waals surface area contributed by atoms with Crippen LogP contribution in [0.3, 0.4) is 0 Å². The molecule has 0 saturated heterocycles. The van der Waals surface area contributed by atoms with E-state index in [0.29, 0.717) is 19.6 Å². The molecule has 0 aliphatic carbocycles. The zero-order valence-electron chi connectivity index (χ0n) is 31.8. The van der Waals surface area contributed by atoms with E-state index in [2.05, 4.69) is 32.1 Å². The molecule has 0 amide bonds. The summed E-state index contributed by atoms with van der Waals surface area (Å²) in [6, 6.07) is 0. The van der Waals surface area contributed by atoms with Crippen LogP contribution in [0.1, 0.15) is 194 Å². The van der Waals surface area contributed by atoms with Gasteiger partial charge in [-0.25, -0.2) is 4.79 Å². The van der Waals surface area contributed by atoms with Gasteiger partial charge in [-0.3, -0.25) is 4.79 Å². The SMILES string of the molecule is CCCCCCCCC(CCCCCCCC)OC(=O)CCCCCCCN(C[CH-]CCCCOC(=O)OCCCCC)CCCO.[Os+]. The second-order valence-electron chi connectivity index (χ2n) is 13.6. The Kier molecular flexibility index (Phi) is 41.9. The molecular weight excluding hydrogens is 781 g/mol. The first-order valence-corrected chi connectivity index (χ1v) is 20.2. The average molecular weight is 859 g/mol. The van der Waals surface area contributed by atoms with Crippen molar-refractivity contribution in [3.8, 4) is 0 Å². The predicted molar refractivity (Wildman–Crippen MR) is 197 cm³/mol. The minimum atomic E-state index is -0.550. The second-order valence-corrected chi connectivity index (χ2v) is 13.6. The normalized spacial score (nSPS) is 11.2. The summed E-state index contributed by atoms with van der Waals surface area (Å²) in [5.41, 5.74) is 0. The van der Waals surface area contributed by atoms with Gasteiger partial charge in [0.05, 0.1) is 13.2 Å². The van der Waals surface area contributed by atoms with Crippen LogP contribution in [-0.4, -0.2) is 67.7 Å². The molecule has 1 N–H and O–H groups in total. The van der Waals surface area contributed by atoms with Gasteiger partial charge in [0.15, 0.2) is 0 Å². The first-order valence-electron chi connectivity index (χ1n) is 20.2. The smallest absolute Gasteiger partial charge is 0.462 e. The summed E-state index contributed by atoms with van der Waals surface area (Å²) >= 11 is 0. The van der Waals surface area contributed by atoms with Crippen molar-refractivity contribution < 1.29 is 48.7 Å². The number of unbranched alkanes of at least 4 members (excludes halogenated alkanes) is 19. The minimum Gasteiger partial charge on any atom is -0.462 e. The van der Waals surface area contributed by atoms with Gasteiger partial charge in [0, 0.05) is 13.0 Å². The standard InChI is InChI=1S/C40H78NO6.Os/c1-4-7-10-12-15-21-29-38(30-22-16-13-11-8-5-2)47-39(43)31-23-17-14-18-24-32-41(34-28-35-42)33-25-19-20-27-37-46-40(44)45-36-26-9-6-3;/h25,38,42H,4-24,26-37H2,1-3H3;/q-1;+1. The van der Waals surface area contributed by atoms with Crippen LogP contribution < -0.4 is 0 Å². The Bertz CT molecular complexity index is 652. The molecule has 0 heterocycles. The zero-order valence-corrected chi connectivity index (χ0v) is 34.3. The van der Waals surface area contributed by atoms with Gasteiger partial charge in [-0.1, -0.05) is 124 Å². The predicted octanol–water partition coefficient (Wildman–Crippen LogP) is 11.1. The summed E-state index contributed by atoms with van der Waals surface area (Å²) < 4.78 is 16.2. The molecule has 0 aromatic carbocycles. The van der Waals surface area contributed by atoms with Gasteiger partial charge in [0.25, 0.3) is 0 Å². The van der Waals surface area contributed by atoms with Crippen LogP contribution in [0.5, 0.6) is 0 Å². The van der Waals surface area contributed by atoms with Crippen molar-refractivity contribution >= 4 is 12.1 Å². The third-order valence-electron chi connectivity index (χ3n) is 8.92. The molecule has 1 radical (unpaired) electrons. The van der Waals surface area contributed by atoms with Gasteiger partial charge in [0.2, 0.25) is 0 Å². The summed E-state index contributed by atoms with van der Waals surface area (Å²) in [5, 5.41) is 9.32. The Hall–Kier alpha value is -0.704. The molecule has 287 valence electrons. The maximum absolute atomic E-state index is 12.7. The summed E-state index contributed by atoms with van der Waals surface area (Å²) in [5.74, 6) is 0.00610. The number of nitrogens with zero attached hydrogens (tertiary/aromatic N) is 1. The van der Waals surface area contributed by atoms with Crippen molar-refractivity contribution in [2.24, 2.45) is 0 Å². The summed E-state index contributed by atoms with van der Waals surface area (Å²) in [6.07, 6.45) is 31.9. The van der Waals surface area contributed by atoms with Gasteiger partial charge in [-0.2, -0.15) is 6.42 Å². The van der Waals surface area contributed by atoms with E-state index in [9.17, 15) is 14.7 Å². The second kappa shape index (κ2) is 40.7. The molecule has 0 unspecified atom stereocenters. The molecule has 0 bridgehead atoms. The molecule has 8 heteroatoms. The van der Waals surface area contributed by atoms with Crippen LogP contribution in [0.15, 0.2) is 0 Å². The van der Waals surface area contributed by atoms with Gasteiger partial charge in [-0.15, -0.1) is 6.54 Å². The fraction of sp³-hybridized carbons (Fsp3) is 0.925. The van der Waals surface area contributed by atoms with Crippen LogP contribution >= 0.6 is 0 Å². The fourth-order valence-electron chi connectivity index (χ4n) is 5.90. The molecule has 48 heavy (non-hydrogen) atoms. The Morgan fingerprint density at radius 1 is 0.604 bits per heavy atom. The minimum absolute atomic E-state index is 0. The number of carbonyl (C=O) groups is 2. The summed E-state index contributed by atoms with van der Waals surface area (Å²) in [6.45, 7) is 10.6. The van der Waals surface area contributed by atoms with E-state index in [1.54, 1.807) is 0 Å². The summed E-state index contributed by atoms with van der Waals surface area (Å²) in [4.78, 5) is 26.7. The van der Waals surface area contributed by atoms with Gasteiger partial charge in [0.1, 0.15) is 6.10 Å². The van der Waals surface area contributed by atoms with Gasteiger partial charge >= 0.3 is 31.9 Å². The van der Waals surface area contributed by atoms with Crippen molar-refractivity contribution in [3.63, 3.8) is 0 Å². The monoisotopic (exact) mass is 861 g/mol. The van der Waals surface area contributed by atoms with E-state index < -0.39 is 6.16 Å². The first-order chi connectivity index (χ1) is 23.1. The number of aliphatic hydroxyl groups is 1. The molecule has 0 spiro atoms. The van der Waals surface area contributed by atoms with E-state index in [1.807, 2.05) is 0 Å². The molecule has 0 aromatic rings. The van der Waals surface area contributed by atoms with Crippen molar-refractivity contribution in [1.82, 2.24) is 4.90 Å². The third-order valence-corrected chi connectivity index (χ3v) is 8.92. The van der Waals surface area contributed by atoms with Crippen molar-refractivity contribution in [1.29, 1.82) is 0 Å². The maximum atomic E-state index is 12.7. The van der Waals surface area contributed by atoms with Crippen molar-refractivity contribution in [3.05, 3.63) is 6.42 Å². The van der Waals surface area contributed by atoms with Gasteiger partial charge in [-0.05, 0) is 70.9 Å². The zero-order chi connectivity index (χ0) is 34.5. The molecule has 7 nitrogen and oxygen atoms in total. The van der Waals surface area contributed by atoms with Gasteiger partial charge < -0.3 is 30.6 Å². The van der Waals surface area contributed by atoms with E-state index in [4.69, 9.17) is 14.2 Å². The molecular formula is C40H78NO6Os. The molecule has 0 aliphatic rings. The van der Waals surface area contributed by atoms with E-state index in [0.717, 1.165) is 110 Å². The fourth-order valence-corrected chi connectivity index (χ4v) is 5.90. The molecule has 0 atom stereocenters. The van der Waals surface area contributed by atoms with E-state index in [-0.39, 0.29) is 38.5 Å². The largest absolute Gasteiger partial charge is 1.00 e. The molecule has 0 rings (SSSR count). The molecule has 0 aromatic heterocycles. The van der Waals surface area contributed by atoms with Crippen molar-refractivity contribution in [2.45, 2.75) is 200 Å².